The van der Waals surface area contributed by atoms with E-state index in [-0.39, 0.29) is 0 Å². The minimum atomic E-state index is 0.726. The van der Waals surface area contributed by atoms with Crippen LogP contribution < -0.4 is 5.32 Å². The molecule has 0 bridgehead atoms. The van der Waals surface area contributed by atoms with E-state index in [4.69, 9.17) is 0 Å². The summed E-state index contributed by atoms with van der Waals surface area (Å²) in [6, 6.07) is 10.5. The van der Waals surface area contributed by atoms with E-state index in [2.05, 4.69) is 44.5 Å². The molecule has 4 heteroatoms. The van der Waals surface area contributed by atoms with Gasteiger partial charge in [-0.3, -0.25) is 0 Å². The SMILES string of the molecule is Cc1nonc1CNCCCc1ccccc1. The molecule has 0 unspecified atom stereocenters. The molecule has 1 aromatic carbocycles. The third-order valence-electron chi connectivity index (χ3n) is 2.70. The zero-order valence-corrected chi connectivity index (χ0v) is 10.0. The Bertz CT molecular complexity index is 439. The monoisotopic (exact) mass is 231 g/mol. The summed E-state index contributed by atoms with van der Waals surface area (Å²) >= 11 is 0. The lowest BCUT2D eigenvalue weighted by atomic mass is 10.1. The number of benzene rings is 1. The fourth-order valence-electron chi connectivity index (χ4n) is 1.68. The number of aryl methyl sites for hydroxylation is 2. The molecule has 17 heavy (non-hydrogen) atoms. The Morgan fingerprint density at radius 1 is 1.18 bits per heavy atom. The van der Waals surface area contributed by atoms with E-state index in [1.54, 1.807) is 0 Å². The molecule has 1 aromatic heterocycles. The predicted molar refractivity (Wildman–Crippen MR) is 65.5 cm³/mol. The fourth-order valence-corrected chi connectivity index (χ4v) is 1.68. The molecule has 0 saturated heterocycles. The van der Waals surface area contributed by atoms with Gasteiger partial charge in [-0.15, -0.1) is 0 Å². The molecule has 0 spiro atoms. The van der Waals surface area contributed by atoms with Gasteiger partial charge in [-0.25, -0.2) is 4.63 Å². The van der Waals surface area contributed by atoms with Gasteiger partial charge in [0.1, 0.15) is 11.4 Å². The molecular formula is C13H17N3O. The maximum Gasteiger partial charge on any atom is 0.121 e. The van der Waals surface area contributed by atoms with Crippen molar-refractivity contribution in [2.75, 3.05) is 6.54 Å². The van der Waals surface area contributed by atoms with Crippen molar-refractivity contribution >= 4 is 0 Å². The van der Waals surface area contributed by atoms with Gasteiger partial charge in [0, 0.05) is 6.54 Å². The first-order chi connectivity index (χ1) is 8.36. The molecule has 4 nitrogen and oxygen atoms in total. The van der Waals surface area contributed by atoms with Crippen molar-refractivity contribution in [2.45, 2.75) is 26.3 Å². The van der Waals surface area contributed by atoms with E-state index in [9.17, 15) is 0 Å². The molecule has 0 aliphatic carbocycles. The molecule has 2 aromatic rings. The molecule has 0 saturated carbocycles. The van der Waals surface area contributed by atoms with Crippen LogP contribution in [0.4, 0.5) is 0 Å². The van der Waals surface area contributed by atoms with E-state index < -0.39 is 0 Å². The lowest BCUT2D eigenvalue weighted by Gasteiger charge is -2.03. The standard InChI is InChI=1S/C13H17N3O/c1-11-13(16-17-15-11)10-14-9-5-8-12-6-3-2-4-7-12/h2-4,6-7,14H,5,8-10H2,1H3. The van der Waals surface area contributed by atoms with Crippen LogP contribution in [0.1, 0.15) is 23.4 Å². The average Bonchev–Trinajstić information content (AvgIpc) is 2.76. The third kappa shape index (κ3) is 3.67. The van der Waals surface area contributed by atoms with Crippen LogP contribution in [0.2, 0.25) is 0 Å². The minimum Gasteiger partial charge on any atom is -0.311 e. The smallest absolute Gasteiger partial charge is 0.121 e. The Hall–Kier alpha value is -1.68. The summed E-state index contributed by atoms with van der Waals surface area (Å²) in [5.74, 6) is 0. The first-order valence-corrected chi connectivity index (χ1v) is 5.89. The molecule has 0 fully saturated rings. The Labute approximate surface area is 101 Å². The van der Waals surface area contributed by atoms with Gasteiger partial charge in [-0.2, -0.15) is 0 Å². The first kappa shape index (κ1) is 11.8. The number of aromatic nitrogens is 2. The van der Waals surface area contributed by atoms with Crippen LogP contribution in [0.25, 0.3) is 0 Å². The summed E-state index contributed by atoms with van der Waals surface area (Å²) in [7, 11) is 0. The van der Waals surface area contributed by atoms with E-state index in [0.717, 1.165) is 37.3 Å². The quantitative estimate of drug-likeness (QED) is 0.773. The molecule has 2 rings (SSSR count). The van der Waals surface area contributed by atoms with Crippen molar-refractivity contribution in [3.05, 3.63) is 47.3 Å². The summed E-state index contributed by atoms with van der Waals surface area (Å²) in [6.45, 7) is 3.60. The molecular weight excluding hydrogens is 214 g/mol. The highest BCUT2D eigenvalue weighted by atomic mass is 16.6. The third-order valence-corrected chi connectivity index (χ3v) is 2.70. The molecule has 0 aliphatic heterocycles. The Balaban J connectivity index is 1.63. The summed E-state index contributed by atoms with van der Waals surface area (Å²) in [4.78, 5) is 0. The van der Waals surface area contributed by atoms with Gasteiger partial charge in [-0.05, 0) is 31.9 Å². The summed E-state index contributed by atoms with van der Waals surface area (Å²) < 4.78 is 4.63. The number of hydrogen-bond acceptors (Lipinski definition) is 4. The maximum absolute atomic E-state index is 4.63. The number of nitrogens with zero attached hydrogens (tertiary/aromatic N) is 2. The molecule has 0 atom stereocenters. The molecule has 90 valence electrons. The van der Waals surface area contributed by atoms with Crippen molar-refractivity contribution in [2.24, 2.45) is 0 Å². The lowest BCUT2D eigenvalue weighted by molar-refractivity contribution is 0.300. The van der Waals surface area contributed by atoms with Crippen molar-refractivity contribution in [3.63, 3.8) is 0 Å². The molecule has 0 aliphatic rings. The van der Waals surface area contributed by atoms with Gasteiger partial charge in [-0.1, -0.05) is 40.6 Å². The normalized spacial score (nSPS) is 10.6. The van der Waals surface area contributed by atoms with E-state index >= 15 is 0 Å². The van der Waals surface area contributed by atoms with Gasteiger partial charge >= 0.3 is 0 Å². The lowest BCUT2D eigenvalue weighted by Crippen LogP contribution is -2.16. The number of hydrogen-bond donors (Lipinski definition) is 1. The van der Waals surface area contributed by atoms with Gasteiger partial charge in [0.25, 0.3) is 0 Å². The average molecular weight is 231 g/mol. The zero-order valence-electron chi connectivity index (χ0n) is 10.0. The Kier molecular flexibility index (Phi) is 4.27. The van der Waals surface area contributed by atoms with Crippen molar-refractivity contribution in [1.82, 2.24) is 15.6 Å². The molecule has 1 heterocycles. The van der Waals surface area contributed by atoms with E-state index in [1.165, 1.54) is 5.56 Å². The minimum absolute atomic E-state index is 0.726. The Morgan fingerprint density at radius 2 is 2.00 bits per heavy atom. The van der Waals surface area contributed by atoms with Crippen LogP contribution in [0.15, 0.2) is 35.0 Å². The van der Waals surface area contributed by atoms with Crippen molar-refractivity contribution < 1.29 is 4.63 Å². The molecule has 0 radical (unpaired) electrons. The van der Waals surface area contributed by atoms with Gasteiger partial charge < -0.3 is 5.32 Å². The highest BCUT2D eigenvalue weighted by molar-refractivity contribution is 5.14. The van der Waals surface area contributed by atoms with Crippen LogP contribution in [0.3, 0.4) is 0 Å². The molecule has 1 N–H and O–H groups in total. The van der Waals surface area contributed by atoms with Crippen LogP contribution in [-0.2, 0) is 13.0 Å². The predicted octanol–water partition coefficient (Wildman–Crippen LogP) is 2.10. The van der Waals surface area contributed by atoms with Crippen LogP contribution in [-0.4, -0.2) is 16.9 Å². The van der Waals surface area contributed by atoms with Crippen molar-refractivity contribution in [1.29, 1.82) is 0 Å². The molecule has 0 amide bonds. The first-order valence-electron chi connectivity index (χ1n) is 5.89. The largest absolute Gasteiger partial charge is 0.311 e. The highest BCUT2D eigenvalue weighted by Crippen LogP contribution is 2.02. The topological polar surface area (TPSA) is 51.0 Å². The van der Waals surface area contributed by atoms with Crippen LogP contribution in [0.5, 0.6) is 0 Å². The summed E-state index contributed by atoms with van der Waals surface area (Å²) in [5, 5.41) is 10.9. The second-order valence-corrected chi connectivity index (χ2v) is 4.06. The second-order valence-electron chi connectivity index (χ2n) is 4.06. The number of rotatable bonds is 6. The van der Waals surface area contributed by atoms with Gasteiger partial charge in [0.05, 0.1) is 0 Å². The summed E-state index contributed by atoms with van der Waals surface area (Å²) in [5.41, 5.74) is 3.14. The maximum atomic E-state index is 4.63. The van der Waals surface area contributed by atoms with Crippen molar-refractivity contribution in [3.8, 4) is 0 Å². The summed E-state index contributed by atoms with van der Waals surface area (Å²) in [6.07, 6.45) is 2.22. The Morgan fingerprint density at radius 3 is 2.71 bits per heavy atom. The van der Waals surface area contributed by atoms with Gasteiger partial charge in [0.15, 0.2) is 0 Å². The number of nitrogens with one attached hydrogen (secondary N) is 1. The van der Waals surface area contributed by atoms with Crippen LogP contribution >= 0.6 is 0 Å². The fraction of sp³-hybridized carbons (Fsp3) is 0.385. The second kappa shape index (κ2) is 6.15. The van der Waals surface area contributed by atoms with Gasteiger partial charge in [0.2, 0.25) is 0 Å². The van der Waals surface area contributed by atoms with E-state index in [0.29, 0.717) is 0 Å². The van der Waals surface area contributed by atoms with Crippen LogP contribution in [0, 0.1) is 6.92 Å². The highest BCUT2D eigenvalue weighted by Gasteiger charge is 2.03. The zero-order chi connectivity index (χ0) is 11.9. The van der Waals surface area contributed by atoms with E-state index in [1.807, 2.05) is 13.0 Å².